The van der Waals surface area contributed by atoms with Crippen LogP contribution < -0.4 is 4.74 Å². The first-order valence-corrected chi connectivity index (χ1v) is 9.41. The molecule has 7 nitrogen and oxygen atoms in total. The van der Waals surface area contributed by atoms with Gasteiger partial charge in [-0.05, 0) is 51.0 Å². The number of carbonyl (C=O) groups is 2. The van der Waals surface area contributed by atoms with E-state index in [0.29, 0.717) is 37.0 Å². The largest absolute Gasteiger partial charge is 0.494 e. The lowest BCUT2D eigenvalue weighted by molar-refractivity contribution is -0.132. The first kappa shape index (κ1) is 19.1. The maximum absolute atomic E-state index is 12.5. The van der Waals surface area contributed by atoms with Crippen molar-refractivity contribution in [1.29, 1.82) is 0 Å². The summed E-state index contributed by atoms with van der Waals surface area (Å²) < 4.78 is 10.6. The third-order valence-corrected chi connectivity index (χ3v) is 4.72. The van der Waals surface area contributed by atoms with Crippen LogP contribution in [0.2, 0.25) is 0 Å². The van der Waals surface area contributed by atoms with Crippen LogP contribution in [0.4, 0.5) is 0 Å². The number of carbonyl (C=O) groups excluding carboxylic acids is 2. The number of Topliss-reactive ketones (excluding diaryl/α,β-unsaturated/α-hetero) is 1. The predicted molar refractivity (Wildman–Crippen MR) is 98.8 cm³/mol. The first-order chi connectivity index (χ1) is 13.1. The second-order valence-corrected chi connectivity index (χ2v) is 6.74. The highest BCUT2D eigenvalue weighted by Gasteiger charge is 2.28. The molecule has 1 aromatic carbocycles. The van der Waals surface area contributed by atoms with Gasteiger partial charge in [0.2, 0.25) is 11.8 Å². The maximum Gasteiger partial charge on any atom is 0.231 e. The smallest absolute Gasteiger partial charge is 0.231 e. The Morgan fingerprint density at radius 3 is 2.70 bits per heavy atom. The number of ether oxygens (including phenoxy) is 1. The molecule has 0 radical (unpaired) electrons. The van der Waals surface area contributed by atoms with Crippen molar-refractivity contribution in [2.24, 2.45) is 0 Å². The van der Waals surface area contributed by atoms with Crippen molar-refractivity contribution in [2.45, 2.75) is 45.4 Å². The zero-order valence-corrected chi connectivity index (χ0v) is 15.8. The lowest BCUT2D eigenvalue weighted by Crippen LogP contribution is -2.39. The van der Waals surface area contributed by atoms with Crippen molar-refractivity contribution in [3.63, 3.8) is 0 Å². The van der Waals surface area contributed by atoms with Crippen LogP contribution in [0.25, 0.3) is 0 Å². The molecule has 1 amide bonds. The van der Waals surface area contributed by atoms with E-state index in [1.165, 1.54) is 0 Å². The molecule has 3 rings (SSSR count). The fourth-order valence-electron chi connectivity index (χ4n) is 3.31. The lowest BCUT2D eigenvalue weighted by atomic mass is 9.97. The number of rotatable bonds is 7. The number of ketones is 1. The van der Waals surface area contributed by atoms with Crippen LogP contribution in [0.15, 0.2) is 28.8 Å². The minimum atomic E-state index is -0.0347. The van der Waals surface area contributed by atoms with Gasteiger partial charge in [-0.3, -0.25) is 9.59 Å². The van der Waals surface area contributed by atoms with Crippen molar-refractivity contribution in [3.8, 4) is 5.75 Å². The standard InChI is InChI=1S/C20H25N3O4/c1-3-26-17-8-6-15(7-9-17)18(24)10-11-19(25)23-12-4-5-16(13-23)20-21-14(2)22-27-20/h6-9,16H,3-5,10-13H2,1-2H3. The molecule has 1 unspecified atom stereocenters. The monoisotopic (exact) mass is 371 g/mol. The van der Waals surface area contributed by atoms with Gasteiger partial charge in [0.05, 0.1) is 12.5 Å². The van der Waals surface area contributed by atoms with E-state index in [0.717, 1.165) is 18.6 Å². The summed E-state index contributed by atoms with van der Waals surface area (Å²) in [5, 5.41) is 3.83. The summed E-state index contributed by atoms with van der Waals surface area (Å²) in [6.07, 6.45) is 2.23. The molecule has 2 aromatic rings. The number of likely N-dealkylation sites (tertiary alicyclic amines) is 1. The number of piperidine rings is 1. The molecule has 27 heavy (non-hydrogen) atoms. The van der Waals surface area contributed by atoms with Gasteiger partial charge in [-0.2, -0.15) is 4.98 Å². The zero-order valence-electron chi connectivity index (χ0n) is 15.8. The normalized spacial score (nSPS) is 17.0. The fourth-order valence-corrected chi connectivity index (χ4v) is 3.31. The van der Waals surface area contributed by atoms with Crippen LogP contribution in [-0.2, 0) is 4.79 Å². The van der Waals surface area contributed by atoms with Crippen molar-refractivity contribution >= 4 is 11.7 Å². The van der Waals surface area contributed by atoms with Gasteiger partial charge in [0, 0.05) is 31.5 Å². The van der Waals surface area contributed by atoms with Gasteiger partial charge in [-0.1, -0.05) is 5.16 Å². The van der Waals surface area contributed by atoms with E-state index in [4.69, 9.17) is 9.26 Å². The molecule has 1 fully saturated rings. The van der Waals surface area contributed by atoms with E-state index in [-0.39, 0.29) is 30.4 Å². The Bertz CT molecular complexity index is 785. The number of aromatic nitrogens is 2. The van der Waals surface area contributed by atoms with E-state index < -0.39 is 0 Å². The van der Waals surface area contributed by atoms with Crippen LogP contribution >= 0.6 is 0 Å². The molecule has 0 N–H and O–H groups in total. The maximum atomic E-state index is 12.5. The highest BCUT2D eigenvalue weighted by Crippen LogP contribution is 2.26. The first-order valence-electron chi connectivity index (χ1n) is 9.41. The number of nitrogens with zero attached hydrogens (tertiary/aromatic N) is 3. The summed E-state index contributed by atoms with van der Waals surface area (Å²) >= 11 is 0. The van der Waals surface area contributed by atoms with Gasteiger partial charge in [-0.25, -0.2) is 0 Å². The molecule has 7 heteroatoms. The van der Waals surface area contributed by atoms with Gasteiger partial charge >= 0.3 is 0 Å². The summed E-state index contributed by atoms with van der Waals surface area (Å²) in [6.45, 7) is 5.56. The molecule has 2 heterocycles. The average Bonchev–Trinajstić information content (AvgIpc) is 3.13. The van der Waals surface area contributed by atoms with Crippen LogP contribution in [0.1, 0.15) is 60.6 Å². The molecule has 1 aromatic heterocycles. The Kier molecular flexibility index (Phi) is 6.21. The number of benzene rings is 1. The van der Waals surface area contributed by atoms with Gasteiger partial charge in [0.25, 0.3) is 0 Å². The minimum absolute atomic E-state index is 0.00442. The lowest BCUT2D eigenvalue weighted by Gasteiger charge is -2.31. The van der Waals surface area contributed by atoms with E-state index >= 15 is 0 Å². The number of amides is 1. The Hall–Kier alpha value is -2.70. The molecule has 1 aliphatic rings. The van der Waals surface area contributed by atoms with Gasteiger partial charge in [0.1, 0.15) is 5.75 Å². The summed E-state index contributed by atoms with van der Waals surface area (Å²) in [5.41, 5.74) is 0.601. The second-order valence-electron chi connectivity index (χ2n) is 6.74. The number of hydrogen-bond donors (Lipinski definition) is 0. The molecule has 144 valence electrons. The van der Waals surface area contributed by atoms with Crippen molar-refractivity contribution in [2.75, 3.05) is 19.7 Å². The molecule has 0 bridgehead atoms. The second kappa shape index (κ2) is 8.79. The fraction of sp³-hybridized carbons (Fsp3) is 0.500. The van der Waals surface area contributed by atoms with Crippen molar-refractivity contribution in [1.82, 2.24) is 15.0 Å². The van der Waals surface area contributed by atoms with Gasteiger partial charge in [-0.15, -0.1) is 0 Å². The molecule has 1 aliphatic heterocycles. The van der Waals surface area contributed by atoms with Gasteiger partial charge in [0.15, 0.2) is 11.6 Å². The Balaban J connectivity index is 1.51. The summed E-state index contributed by atoms with van der Waals surface area (Å²) in [5.74, 6) is 1.97. The minimum Gasteiger partial charge on any atom is -0.494 e. The number of aryl methyl sites for hydroxylation is 1. The van der Waals surface area contributed by atoms with E-state index in [1.54, 1.807) is 36.1 Å². The summed E-state index contributed by atoms with van der Waals surface area (Å²) in [7, 11) is 0. The molecular weight excluding hydrogens is 346 g/mol. The van der Waals surface area contributed by atoms with Crippen molar-refractivity contribution < 1.29 is 18.8 Å². The summed E-state index contributed by atoms with van der Waals surface area (Å²) in [4.78, 5) is 31.0. The van der Waals surface area contributed by atoms with Crippen LogP contribution in [0.5, 0.6) is 5.75 Å². The molecule has 0 aliphatic carbocycles. The Labute approximate surface area is 158 Å². The van der Waals surface area contributed by atoms with Crippen LogP contribution in [-0.4, -0.2) is 46.4 Å². The van der Waals surface area contributed by atoms with Crippen LogP contribution in [0.3, 0.4) is 0 Å². The third-order valence-electron chi connectivity index (χ3n) is 4.72. The highest BCUT2D eigenvalue weighted by molar-refractivity contribution is 5.98. The quantitative estimate of drug-likeness (QED) is 0.695. The van der Waals surface area contributed by atoms with Crippen LogP contribution in [0, 0.1) is 6.92 Å². The van der Waals surface area contributed by atoms with E-state index in [9.17, 15) is 9.59 Å². The average molecular weight is 371 g/mol. The van der Waals surface area contributed by atoms with E-state index in [2.05, 4.69) is 10.1 Å². The van der Waals surface area contributed by atoms with E-state index in [1.807, 2.05) is 6.92 Å². The Morgan fingerprint density at radius 1 is 1.26 bits per heavy atom. The molecule has 0 saturated carbocycles. The topological polar surface area (TPSA) is 85.5 Å². The predicted octanol–water partition coefficient (Wildman–Crippen LogP) is 3.15. The van der Waals surface area contributed by atoms with Crippen molar-refractivity contribution in [3.05, 3.63) is 41.5 Å². The number of hydrogen-bond acceptors (Lipinski definition) is 6. The molecule has 0 spiro atoms. The molecular formula is C20H25N3O4. The molecule has 1 atom stereocenters. The highest BCUT2D eigenvalue weighted by atomic mass is 16.5. The zero-order chi connectivity index (χ0) is 19.2. The third kappa shape index (κ3) is 4.93. The molecule has 1 saturated heterocycles. The SMILES string of the molecule is CCOc1ccc(C(=O)CCC(=O)N2CCCC(c3nc(C)no3)C2)cc1. The summed E-state index contributed by atoms with van der Waals surface area (Å²) in [6, 6.07) is 7.04. The Morgan fingerprint density at radius 2 is 2.04 bits per heavy atom. The van der Waals surface area contributed by atoms with Gasteiger partial charge < -0.3 is 14.2 Å².